The lowest BCUT2D eigenvalue weighted by Gasteiger charge is -2.37. The molecule has 6 aromatic rings. The average Bonchev–Trinajstić information content (AvgIpc) is 3.51. The van der Waals surface area contributed by atoms with Gasteiger partial charge in [0.2, 0.25) is 0 Å². The van der Waals surface area contributed by atoms with Crippen molar-refractivity contribution in [3.63, 3.8) is 0 Å². The number of aromatic amines is 2. The molecule has 1 fully saturated rings. The van der Waals surface area contributed by atoms with Gasteiger partial charge in [0.25, 0.3) is 0 Å². The molecule has 0 aliphatic carbocycles. The molecule has 0 atom stereocenters. The fourth-order valence-electron chi connectivity index (χ4n) is 4.63. The molecule has 4 N–H and O–H groups in total. The van der Waals surface area contributed by atoms with Crippen LogP contribution in [0.15, 0.2) is 67.3 Å². The summed E-state index contributed by atoms with van der Waals surface area (Å²) in [7, 11) is 0. The average molecular weight is 478 g/mol. The molecule has 0 unspecified atom stereocenters. The smallest absolute Gasteiger partial charge is 0.147 e. The highest BCUT2D eigenvalue weighted by molar-refractivity contribution is 6.00. The predicted octanol–water partition coefficient (Wildman–Crippen LogP) is 3.91. The van der Waals surface area contributed by atoms with E-state index in [1.54, 1.807) is 36.9 Å². The molecular formula is C26H20FN9. The first-order valence-electron chi connectivity index (χ1n) is 11.5. The second-order valence-corrected chi connectivity index (χ2v) is 8.90. The van der Waals surface area contributed by atoms with Crippen molar-refractivity contribution in [3.05, 3.63) is 73.1 Å². The summed E-state index contributed by atoms with van der Waals surface area (Å²) in [5.74, 6) is 0.488. The molecule has 1 aliphatic rings. The van der Waals surface area contributed by atoms with Gasteiger partial charge in [-0.25, -0.2) is 14.4 Å². The van der Waals surface area contributed by atoms with E-state index in [1.165, 1.54) is 6.07 Å². The molecule has 0 saturated carbocycles. The van der Waals surface area contributed by atoms with E-state index in [1.807, 2.05) is 24.3 Å². The lowest BCUT2D eigenvalue weighted by molar-refractivity contribution is 0.514. The molecule has 36 heavy (non-hydrogen) atoms. The third-order valence-electron chi connectivity index (χ3n) is 6.49. The van der Waals surface area contributed by atoms with Crippen molar-refractivity contribution in [2.75, 3.05) is 18.0 Å². The van der Waals surface area contributed by atoms with Gasteiger partial charge in [-0.3, -0.25) is 15.1 Å². The van der Waals surface area contributed by atoms with E-state index in [0.717, 1.165) is 41.0 Å². The minimum absolute atomic E-state index is 0.170. The minimum Gasteiger partial charge on any atom is -0.352 e. The summed E-state index contributed by atoms with van der Waals surface area (Å²) < 4.78 is 14.5. The number of rotatable bonds is 4. The number of pyridine rings is 2. The molecule has 7 rings (SSSR count). The van der Waals surface area contributed by atoms with Crippen molar-refractivity contribution in [3.8, 4) is 33.9 Å². The molecule has 1 aromatic carbocycles. The second-order valence-electron chi connectivity index (χ2n) is 8.90. The van der Waals surface area contributed by atoms with E-state index in [4.69, 9.17) is 15.7 Å². The fraction of sp³-hybridized carbons (Fsp3) is 0.115. The maximum absolute atomic E-state index is 14.5. The van der Waals surface area contributed by atoms with E-state index in [2.05, 4.69) is 30.0 Å². The van der Waals surface area contributed by atoms with E-state index in [0.29, 0.717) is 33.7 Å². The SMILES string of the molecule is NC1CN(c2cncc(-c3ccc4[nH]nc(-c5cc6c(-c7ccccc7F)cncc6[nH]5)c4n3)n2)C1. The van der Waals surface area contributed by atoms with Gasteiger partial charge < -0.3 is 15.6 Å². The van der Waals surface area contributed by atoms with Crippen molar-refractivity contribution in [2.45, 2.75) is 6.04 Å². The Morgan fingerprint density at radius 1 is 0.889 bits per heavy atom. The number of nitrogens with one attached hydrogen (secondary N) is 2. The Morgan fingerprint density at radius 3 is 2.61 bits per heavy atom. The fourth-order valence-corrected chi connectivity index (χ4v) is 4.63. The van der Waals surface area contributed by atoms with Crippen molar-refractivity contribution in [1.29, 1.82) is 0 Å². The monoisotopic (exact) mass is 477 g/mol. The standard InChI is InChI=1S/C26H20FN9/c27-18-4-2-1-3-15(18)17-8-29-9-22-16(17)7-21(31-22)26-25-20(34-35-26)6-5-19(33-25)23-10-30-11-24(32-23)36-12-14(28)13-36/h1-11,14,31H,12-13,28H2,(H,34,35). The summed E-state index contributed by atoms with van der Waals surface area (Å²) in [5, 5.41) is 8.42. The number of benzene rings is 1. The van der Waals surface area contributed by atoms with Gasteiger partial charge in [-0.1, -0.05) is 18.2 Å². The number of nitrogens with two attached hydrogens (primary N) is 1. The molecule has 0 amide bonds. The van der Waals surface area contributed by atoms with Crippen LogP contribution in [-0.4, -0.2) is 54.2 Å². The van der Waals surface area contributed by atoms with Crippen LogP contribution in [0.5, 0.6) is 0 Å². The topological polar surface area (TPSA) is 125 Å². The summed E-state index contributed by atoms with van der Waals surface area (Å²) in [5.41, 5.74) is 12.1. The van der Waals surface area contributed by atoms with Gasteiger partial charge in [-0.05, 0) is 24.3 Å². The van der Waals surface area contributed by atoms with Crippen LogP contribution in [0.25, 0.3) is 55.8 Å². The molecule has 0 radical (unpaired) electrons. The van der Waals surface area contributed by atoms with E-state index >= 15 is 0 Å². The van der Waals surface area contributed by atoms with Gasteiger partial charge in [-0.2, -0.15) is 5.10 Å². The second kappa shape index (κ2) is 7.92. The lowest BCUT2D eigenvalue weighted by atomic mass is 10.0. The van der Waals surface area contributed by atoms with Gasteiger partial charge in [0.05, 0.1) is 41.0 Å². The number of fused-ring (bicyclic) bond motifs is 2. The summed E-state index contributed by atoms with van der Waals surface area (Å²) >= 11 is 0. The van der Waals surface area contributed by atoms with Crippen LogP contribution in [-0.2, 0) is 0 Å². The molecule has 176 valence electrons. The largest absolute Gasteiger partial charge is 0.352 e. The molecular weight excluding hydrogens is 457 g/mol. The van der Waals surface area contributed by atoms with Gasteiger partial charge in [0, 0.05) is 41.8 Å². The molecule has 10 heteroatoms. The number of anilines is 1. The molecule has 0 spiro atoms. The number of halogens is 1. The van der Waals surface area contributed by atoms with Gasteiger partial charge in [-0.15, -0.1) is 0 Å². The zero-order valence-corrected chi connectivity index (χ0v) is 19.0. The number of hydrogen-bond acceptors (Lipinski definition) is 7. The molecule has 0 bridgehead atoms. The van der Waals surface area contributed by atoms with Crippen LogP contribution in [0.4, 0.5) is 10.2 Å². The first-order valence-corrected chi connectivity index (χ1v) is 11.5. The van der Waals surface area contributed by atoms with Crippen LogP contribution >= 0.6 is 0 Å². The van der Waals surface area contributed by atoms with Crippen LogP contribution < -0.4 is 10.6 Å². The zero-order valence-electron chi connectivity index (χ0n) is 19.0. The number of hydrogen-bond donors (Lipinski definition) is 3. The van der Waals surface area contributed by atoms with E-state index in [9.17, 15) is 4.39 Å². The van der Waals surface area contributed by atoms with Crippen LogP contribution in [0.3, 0.4) is 0 Å². The quantitative estimate of drug-likeness (QED) is 0.351. The number of nitrogens with zero attached hydrogens (tertiary/aromatic N) is 6. The van der Waals surface area contributed by atoms with Crippen molar-refractivity contribution >= 4 is 27.8 Å². The molecule has 5 aromatic heterocycles. The van der Waals surface area contributed by atoms with Gasteiger partial charge >= 0.3 is 0 Å². The van der Waals surface area contributed by atoms with E-state index in [-0.39, 0.29) is 11.9 Å². The summed E-state index contributed by atoms with van der Waals surface area (Å²) in [6.07, 6.45) is 6.84. The minimum atomic E-state index is -0.297. The van der Waals surface area contributed by atoms with Crippen molar-refractivity contribution in [2.24, 2.45) is 5.73 Å². The Labute approximate surface area is 204 Å². The molecule has 9 nitrogen and oxygen atoms in total. The summed E-state index contributed by atoms with van der Waals surface area (Å²) in [4.78, 5) is 23.7. The Morgan fingerprint density at radius 2 is 1.75 bits per heavy atom. The third-order valence-corrected chi connectivity index (χ3v) is 6.49. The Kier molecular flexibility index (Phi) is 4.55. The number of H-pyrrole nitrogens is 2. The molecule has 1 aliphatic heterocycles. The Hall–Kier alpha value is -4.70. The van der Waals surface area contributed by atoms with Crippen molar-refractivity contribution < 1.29 is 4.39 Å². The van der Waals surface area contributed by atoms with Crippen LogP contribution in [0, 0.1) is 5.82 Å². The zero-order chi connectivity index (χ0) is 24.2. The van der Waals surface area contributed by atoms with Gasteiger partial charge in [0.1, 0.15) is 28.5 Å². The van der Waals surface area contributed by atoms with Crippen LogP contribution in [0.1, 0.15) is 0 Å². The summed E-state index contributed by atoms with van der Waals surface area (Å²) in [6.45, 7) is 1.53. The number of aromatic nitrogens is 7. The maximum atomic E-state index is 14.5. The summed E-state index contributed by atoms with van der Waals surface area (Å²) in [6, 6.07) is 12.6. The first-order chi connectivity index (χ1) is 17.6. The van der Waals surface area contributed by atoms with Crippen molar-refractivity contribution in [1.82, 2.24) is 35.1 Å². The normalized spacial score (nSPS) is 14.0. The van der Waals surface area contributed by atoms with E-state index < -0.39 is 0 Å². The highest BCUT2D eigenvalue weighted by Crippen LogP contribution is 2.34. The van der Waals surface area contributed by atoms with Crippen LogP contribution in [0.2, 0.25) is 0 Å². The molecule has 1 saturated heterocycles. The maximum Gasteiger partial charge on any atom is 0.147 e. The highest BCUT2D eigenvalue weighted by atomic mass is 19.1. The van der Waals surface area contributed by atoms with Gasteiger partial charge in [0.15, 0.2) is 0 Å². The predicted molar refractivity (Wildman–Crippen MR) is 136 cm³/mol. The Balaban J connectivity index is 1.32. The molecule has 6 heterocycles. The first kappa shape index (κ1) is 20.7. The third kappa shape index (κ3) is 3.30. The highest BCUT2D eigenvalue weighted by Gasteiger charge is 2.25. The Bertz CT molecular complexity index is 1750. The lowest BCUT2D eigenvalue weighted by Crippen LogP contribution is -2.56.